The van der Waals surface area contributed by atoms with Crippen molar-refractivity contribution in [3.05, 3.63) is 72.0 Å². The second-order valence-corrected chi connectivity index (χ2v) is 9.40. The van der Waals surface area contributed by atoms with Crippen LogP contribution < -0.4 is 9.64 Å². The van der Waals surface area contributed by atoms with Gasteiger partial charge in [0.1, 0.15) is 18.1 Å². The first kappa shape index (κ1) is 24.7. The van der Waals surface area contributed by atoms with Gasteiger partial charge >= 0.3 is 0 Å². The lowest BCUT2D eigenvalue weighted by atomic mass is 10.1. The standard InChI is InChI=1S/C28H30FN5O3/c1-37-24-8-3-5-20(18-24)25-11-12-26(31-30-25)32-13-4-14-33(16-15-32)27(35)19-34(23-9-10-23)28(36)21-6-2-7-22(29)17-21/h2-3,5-8,11-12,17-18,23H,4,9-10,13-16,19H2,1H3. The van der Waals surface area contributed by atoms with Crippen LogP contribution in [0.3, 0.4) is 0 Å². The highest BCUT2D eigenvalue weighted by Crippen LogP contribution is 2.29. The number of hydrogen-bond donors (Lipinski definition) is 0. The average Bonchev–Trinajstić information content (AvgIpc) is 3.79. The van der Waals surface area contributed by atoms with E-state index in [1.54, 1.807) is 18.1 Å². The van der Waals surface area contributed by atoms with Crippen LogP contribution >= 0.6 is 0 Å². The van der Waals surface area contributed by atoms with Crippen LogP contribution in [0.1, 0.15) is 29.6 Å². The van der Waals surface area contributed by atoms with Crippen molar-refractivity contribution < 1.29 is 18.7 Å². The monoisotopic (exact) mass is 503 g/mol. The average molecular weight is 504 g/mol. The fourth-order valence-electron chi connectivity index (χ4n) is 4.61. The van der Waals surface area contributed by atoms with Crippen LogP contribution in [0.25, 0.3) is 11.3 Å². The summed E-state index contributed by atoms with van der Waals surface area (Å²) in [7, 11) is 1.63. The Labute approximate surface area is 215 Å². The molecule has 2 aromatic carbocycles. The van der Waals surface area contributed by atoms with Crippen LogP contribution in [0.4, 0.5) is 10.2 Å². The van der Waals surface area contributed by atoms with Crippen molar-refractivity contribution in [3.8, 4) is 17.0 Å². The first-order valence-electron chi connectivity index (χ1n) is 12.6. The maximum Gasteiger partial charge on any atom is 0.254 e. The van der Waals surface area contributed by atoms with Crippen molar-refractivity contribution in [1.82, 2.24) is 20.0 Å². The Morgan fingerprint density at radius 2 is 1.84 bits per heavy atom. The molecule has 3 aromatic rings. The van der Waals surface area contributed by atoms with Crippen molar-refractivity contribution in [3.63, 3.8) is 0 Å². The number of carbonyl (C=O) groups excluding carboxylic acids is 2. The molecule has 0 spiro atoms. The number of aromatic nitrogens is 2. The molecule has 0 unspecified atom stereocenters. The molecular formula is C28H30FN5O3. The number of amides is 2. The van der Waals surface area contributed by atoms with Crippen molar-refractivity contribution in [2.24, 2.45) is 0 Å². The Bertz CT molecular complexity index is 1260. The van der Waals surface area contributed by atoms with Gasteiger partial charge in [-0.05, 0) is 61.7 Å². The summed E-state index contributed by atoms with van der Waals surface area (Å²) in [5, 5.41) is 8.84. The minimum atomic E-state index is -0.458. The Kier molecular flexibility index (Phi) is 7.30. The zero-order chi connectivity index (χ0) is 25.8. The van der Waals surface area contributed by atoms with Gasteiger partial charge in [0.15, 0.2) is 5.82 Å². The maximum absolute atomic E-state index is 13.7. The highest BCUT2D eigenvalue weighted by atomic mass is 19.1. The molecule has 1 saturated heterocycles. The normalized spacial score (nSPS) is 15.7. The molecule has 2 heterocycles. The highest BCUT2D eigenvalue weighted by molar-refractivity contribution is 5.97. The molecule has 1 aliphatic heterocycles. The van der Waals surface area contributed by atoms with E-state index in [1.165, 1.54) is 18.2 Å². The summed E-state index contributed by atoms with van der Waals surface area (Å²) in [5.74, 6) is 0.691. The number of carbonyl (C=O) groups is 2. The summed E-state index contributed by atoms with van der Waals surface area (Å²) in [6, 6.07) is 17.3. The number of anilines is 1. The third kappa shape index (κ3) is 5.87. The van der Waals surface area contributed by atoms with E-state index in [1.807, 2.05) is 41.3 Å². The minimum Gasteiger partial charge on any atom is -0.497 e. The SMILES string of the molecule is COc1cccc(-c2ccc(N3CCCN(C(=O)CN(C(=O)c4cccc(F)c4)C4CC4)CC3)nn2)c1. The molecule has 8 nitrogen and oxygen atoms in total. The Morgan fingerprint density at radius 1 is 1.00 bits per heavy atom. The van der Waals surface area contributed by atoms with Gasteiger partial charge < -0.3 is 19.4 Å². The van der Waals surface area contributed by atoms with Crippen molar-refractivity contribution in [2.45, 2.75) is 25.3 Å². The molecule has 1 aliphatic carbocycles. The largest absolute Gasteiger partial charge is 0.497 e. The quantitative estimate of drug-likeness (QED) is 0.490. The van der Waals surface area contributed by atoms with E-state index in [4.69, 9.17) is 4.74 Å². The molecule has 2 amide bonds. The van der Waals surface area contributed by atoms with Crippen molar-refractivity contribution in [1.29, 1.82) is 0 Å². The molecular weight excluding hydrogens is 473 g/mol. The van der Waals surface area contributed by atoms with Crippen LogP contribution in [0.2, 0.25) is 0 Å². The first-order chi connectivity index (χ1) is 18.0. The summed E-state index contributed by atoms with van der Waals surface area (Å²) in [6.07, 6.45) is 2.52. The molecule has 37 heavy (non-hydrogen) atoms. The van der Waals surface area contributed by atoms with E-state index < -0.39 is 5.82 Å². The van der Waals surface area contributed by atoms with Crippen LogP contribution in [0, 0.1) is 5.82 Å². The summed E-state index contributed by atoms with van der Waals surface area (Å²) in [5.41, 5.74) is 1.97. The molecule has 2 aliphatic rings. The van der Waals surface area contributed by atoms with E-state index in [-0.39, 0.29) is 30.0 Å². The molecule has 5 rings (SSSR count). The van der Waals surface area contributed by atoms with Gasteiger partial charge in [-0.25, -0.2) is 4.39 Å². The summed E-state index contributed by atoms with van der Waals surface area (Å²) in [4.78, 5) is 31.8. The number of methoxy groups -OCH3 is 1. The number of ether oxygens (including phenoxy) is 1. The Balaban J connectivity index is 1.21. The zero-order valence-corrected chi connectivity index (χ0v) is 20.8. The van der Waals surface area contributed by atoms with E-state index in [2.05, 4.69) is 15.1 Å². The zero-order valence-electron chi connectivity index (χ0n) is 20.8. The van der Waals surface area contributed by atoms with E-state index in [9.17, 15) is 14.0 Å². The lowest BCUT2D eigenvalue weighted by molar-refractivity contribution is -0.131. The van der Waals surface area contributed by atoms with E-state index in [0.717, 1.165) is 48.6 Å². The van der Waals surface area contributed by atoms with Gasteiger partial charge in [-0.2, -0.15) is 0 Å². The number of halogens is 1. The van der Waals surface area contributed by atoms with Gasteiger partial charge in [0.2, 0.25) is 5.91 Å². The molecule has 192 valence electrons. The molecule has 1 aromatic heterocycles. The smallest absolute Gasteiger partial charge is 0.254 e. The van der Waals surface area contributed by atoms with Crippen LogP contribution in [0.15, 0.2) is 60.7 Å². The second kappa shape index (κ2) is 10.9. The molecule has 0 N–H and O–H groups in total. The summed E-state index contributed by atoms with van der Waals surface area (Å²) >= 11 is 0. The maximum atomic E-state index is 13.7. The first-order valence-corrected chi connectivity index (χ1v) is 12.6. The minimum absolute atomic E-state index is 0.00898. The molecule has 0 atom stereocenters. The molecule has 1 saturated carbocycles. The number of benzene rings is 2. The lowest BCUT2D eigenvalue weighted by Gasteiger charge is -2.27. The van der Waals surface area contributed by atoms with E-state index >= 15 is 0 Å². The molecule has 2 fully saturated rings. The fourth-order valence-corrected chi connectivity index (χ4v) is 4.61. The van der Waals surface area contributed by atoms with E-state index in [0.29, 0.717) is 19.6 Å². The van der Waals surface area contributed by atoms with Gasteiger partial charge in [-0.1, -0.05) is 18.2 Å². The summed E-state index contributed by atoms with van der Waals surface area (Å²) in [6.45, 7) is 2.53. The molecule has 0 bridgehead atoms. The van der Waals surface area contributed by atoms with Crippen LogP contribution in [-0.2, 0) is 4.79 Å². The second-order valence-electron chi connectivity index (χ2n) is 9.40. The molecule has 9 heteroatoms. The third-order valence-corrected chi connectivity index (χ3v) is 6.81. The molecule has 0 radical (unpaired) electrons. The van der Waals surface area contributed by atoms with Crippen LogP contribution in [0.5, 0.6) is 5.75 Å². The summed E-state index contributed by atoms with van der Waals surface area (Å²) < 4.78 is 19.0. The third-order valence-electron chi connectivity index (χ3n) is 6.81. The van der Waals surface area contributed by atoms with Gasteiger partial charge in [-0.3, -0.25) is 9.59 Å². The highest BCUT2D eigenvalue weighted by Gasteiger charge is 2.35. The van der Waals surface area contributed by atoms with Gasteiger partial charge in [0.25, 0.3) is 5.91 Å². The van der Waals surface area contributed by atoms with Gasteiger partial charge in [-0.15, -0.1) is 10.2 Å². The lowest BCUT2D eigenvalue weighted by Crippen LogP contribution is -2.45. The number of rotatable bonds is 7. The Morgan fingerprint density at radius 3 is 2.57 bits per heavy atom. The predicted octanol–water partition coefficient (Wildman–Crippen LogP) is 3.63. The van der Waals surface area contributed by atoms with Gasteiger partial charge in [0.05, 0.1) is 12.8 Å². The van der Waals surface area contributed by atoms with Crippen LogP contribution in [-0.4, -0.2) is 77.7 Å². The van der Waals surface area contributed by atoms with Crippen molar-refractivity contribution in [2.75, 3.05) is 44.7 Å². The topological polar surface area (TPSA) is 78.9 Å². The number of hydrogen-bond acceptors (Lipinski definition) is 6. The Hall–Kier alpha value is -4.01. The number of nitrogens with zero attached hydrogens (tertiary/aromatic N) is 5. The fraction of sp³-hybridized carbons (Fsp3) is 0.357. The van der Waals surface area contributed by atoms with Crippen molar-refractivity contribution >= 4 is 17.6 Å². The predicted molar refractivity (Wildman–Crippen MR) is 138 cm³/mol. The van der Waals surface area contributed by atoms with Gasteiger partial charge in [0, 0.05) is 43.3 Å².